The van der Waals surface area contributed by atoms with Crippen molar-refractivity contribution in [2.24, 2.45) is 0 Å². The summed E-state index contributed by atoms with van der Waals surface area (Å²) in [6.45, 7) is 4.09. The van der Waals surface area contributed by atoms with Gasteiger partial charge in [0.05, 0.1) is 5.56 Å². The second kappa shape index (κ2) is 13.8. The maximum absolute atomic E-state index is 14.9. The Morgan fingerprint density at radius 3 is 2.34 bits per heavy atom. The summed E-state index contributed by atoms with van der Waals surface area (Å²) in [5.74, 6) is 0.331. The number of amides is 3. The van der Waals surface area contributed by atoms with Gasteiger partial charge in [-0.15, -0.1) is 0 Å². The molecule has 53 heavy (non-hydrogen) atoms. The highest BCUT2D eigenvalue weighted by molar-refractivity contribution is 6.08. The lowest BCUT2D eigenvalue weighted by Gasteiger charge is -2.36. The molecule has 0 aliphatic carbocycles. The van der Waals surface area contributed by atoms with Gasteiger partial charge in [0.1, 0.15) is 11.5 Å². The van der Waals surface area contributed by atoms with Crippen molar-refractivity contribution in [1.29, 1.82) is 0 Å². The molecule has 5 aromatic rings. The molecular weight excluding hydrogens is 667 g/mol. The smallest absolute Gasteiger partial charge is 0.415 e. The van der Waals surface area contributed by atoms with E-state index in [1.165, 1.54) is 5.56 Å². The van der Waals surface area contributed by atoms with Crippen LogP contribution in [0.5, 0.6) is 11.5 Å². The molecule has 8 rings (SSSR count). The van der Waals surface area contributed by atoms with Gasteiger partial charge in [0, 0.05) is 73.2 Å². The second-order valence-corrected chi connectivity index (χ2v) is 14.4. The van der Waals surface area contributed by atoms with Crippen LogP contribution in [0.2, 0.25) is 0 Å². The molecule has 270 valence electrons. The Balaban J connectivity index is 1.20. The summed E-state index contributed by atoms with van der Waals surface area (Å²) in [6, 6.07) is 27.6. The first-order valence-electron chi connectivity index (χ1n) is 18.3. The number of nitrogen functional groups attached to an aromatic ring is 1. The number of ether oxygens (including phenoxy) is 1. The summed E-state index contributed by atoms with van der Waals surface area (Å²) in [7, 11) is 1.74. The summed E-state index contributed by atoms with van der Waals surface area (Å²) < 4.78 is 7.92. The number of aromatic nitrogens is 1. The van der Waals surface area contributed by atoms with Crippen LogP contribution in [-0.2, 0) is 38.9 Å². The molecule has 0 bridgehead atoms. The number of carbonyl (C=O) groups is 3. The number of phenolic OH excluding ortho intramolecular Hbond substituents is 1. The zero-order valence-corrected chi connectivity index (χ0v) is 30.0. The van der Waals surface area contributed by atoms with Crippen molar-refractivity contribution in [3.63, 3.8) is 0 Å². The van der Waals surface area contributed by atoms with Crippen LogP contribution in [0.4, 0.5) is 16.2 Å². The standard InChI is InChI=1S/C43H43N5O5/c1-27-21-28-7-3-4-8-30(28)26-48(27)42(51)37-23-31-25-46(43(52)53-35-16-10-32(44)11-17-35)20-18-29(31)22-36(37)40-24-38(39-9-5-6-19-47(39)40)41(50)45(2)33-12-14-34(49)15-13-33/h3-4,7-8,10-17,22-24,27,49H,5-6,9,18-21,25-26,44H2,1-2H3/t27-/m1/s1. The highest BCUT2D eigenvalue weighted by atomic mass is 16.6. The molecule has 0 saturated heterocycles. The minimum Gasteiger partial charge on any atom is -0.508 e. The Morgan fingerprint density at radius 1 is 0.811 bits per heavy atom. The number of aromatic hydroxyl groups is 1. The summed E-state index contributed by atoms with van der Waals surface area (Å²) >= 11 is 0. The fraction of sp³-hybridized carbons (Fsp3) is 0.279. The van der Waals surface area contributed by atoms with Gasteiger partial charge in [0.15, 0.2) is 0 Å². The molecule has 3 aliphatic heterocycles. The van der Waals surface area contributed by atoms with E-state index in [0.29, 0.717) is 54.3 Å². The number of benzene rings is 4. The van der Waals surface area contributed by atoms with Crippen molar-refractivity contribution in [2.45, 2.75) is 64.7 Å². The molecule has 0 unspecified atom stereocenters. The summed E-state index contributed by atoms with van der Waals surface area (Å²) in [5, 5.41) is 9.84. The van der Waals surface area contributed by atoms with Crippen molar-refractivity contribution >= 4 is 29.3 Å². The fourth-order valence-corrected chi connectivity index (χ4v) is 8.02. The van der Waals surface area contributed by atoms with E-state index in [1.807, 2.05) is 29.2 Å². The maximum Gasteiger partial charge on any atom is 0.415 e. The molecule has 10 heteroatoms. The Labute approximate surface area is 309 Å². The first-order valence-corrected chi connectivity index (χ1v) is 18.3. The normalized spacial score (nSPS) is 16.3. The van der Waals surface area contributed by atoms with Crippen molar-refractivity contribution < 1.29 is 24.2 Å². The van der Waals surface area contributed by atoms with Crippen molar-refractivity contribution in [1.82, 2.24) is 14.4 Å². The molecule has 0 fully saturated rings. The first-order chi connectivity index (χ1) is 25.6. The zero-order valence-electron chi connectivity index (χ0n) is 30.0. The van der Waals surface area contributed by atoms with E-state index in [4.69, 9.17) is 10.5 Å². The molecule has 3 aliphatic rings. The van der Waals surface area contributed by atoms with Crippen LogP contribution in [0.15, 0.2) is 91.0 Å². The molecule has 3 amide bonds. The van der Waals surface area contributed by atoms with Gasteiger partial charge in [-0.3, -0.25) is 9.59 Å². The third-order valence-electron chi connectivity index (χ3n) is 11.0. The molecule has 0 spiro atoms. The van der Waals surface area contributed by atoms with E-state index in [1.54, 1.807) is 65.4 Å². The van der Waals surface area contributed by atoms with Crippen LogP contribution >= 0.6 is 0 Å². The van der Waals surface area contributed by atoms with E-state index < -0.39 is 6.09 Å². The predicted molar refractivity (Wildman–Crippen MR) is 204 cm³/mol. The summed E-state index contributed by atoms with van der Waals surface area (Å²) in [4.78, 5) is 47.6. The number of hydrogen-bond donors (Lipinski definition) is 2. The van der Waals surface area contributed by atoms with Crippen molar-refractivity contribution in [3.05, 3.63) is 130 Å². The van der Waals surface area contributed by atoms with Gasteiger partial charge in [0.2, 0.25) is 0 Å². The molecule has 0 radical (unpaired) electrons. The van der Waals surface area contributed by atoms with E-state index in [9.17, 15) is 19.5 Å². The van der Waals surface area contributed by atoms with Gasteiger partial charge in [-0.05, 0) is 128 Å². The number of rotatable bonds is 5. The quantitative estimate of drug-likeness (QED) is 0.186. The third-order valence-corrected chi connectivity index (χ3v) is 11.0. The molecular formula is C43H43N5O5. The molecule has 0 saturated carbocycles. The van der Waals surface area contributed by atoms with Gasteiger partial charge >= 0.3 is 6.09 Å². The fourth-order valence-electron chi connectivity index (χ4n) is 8.02. The lowest BCUT2D eigenvalue weighted by molar-refractivity contribution is 0.0658. The van der Waals surface area contributed by atoms with Gasteiger partial charge in [-0.1, -0.05) is 24.3 Å². The number of fused-ring (bicyclic) bond motifs is 3. The lowest BCUT2D eigenvalue weighted by atomic mass is 9.90. The highest BCUT2D eigenvalue weighted by Gasteiger charge is 2.33. The van der Waals surface area contributed by atoms with Crippen LogP contribution in [0.3, 0.4) is 0 Å². The van der Waals surface area contributed by atoms with Crippen molar-refractivity contribution in [3.8, 4) is 22.8 Å². The van der Waals surface area contributed by atoms with Crippen LogP contribution in [0.25, 0.3) is 11.3 Å². The molecule has 1 aromatic heterocycles. The zero-order chi connectivity index (χ0) is 36.8. The molecule has 3 N–H and O–H groups in total. The maximum atomic E-state index is 14.9. The molecule has 10 nitrogen and oxygen atoms in total. The van der Waals surface area contributed by atoms with Crippen LogP contribution in [0, 0.1) is 0 Å². The monoisotopic (exact) mass is 709 g/mol. The molecule has 4 heterocycles. The SMILES string of the molecule is C[C@@H]1Cc2ccccc2CN1C(=O)c1cc2c(cc1-c1cc(C(=O)N(C)c3ccc(O)cc3)c3n1CCCC3)CCN(C(=O)Oc1ccc(N)cc1)C2. The van der Waals surface area contributed by atoms with E-state index >= 15 is 0 Å². The minimum absolute atomic E-state index is 0.0232. The van der Waals surface area contributed by atoms with Gasteiger partial charge in [-0.25, -0.2) is 4.79 Å². The second-order valence-electron chi connectivity index (χ2n) is 14.4. The lowest BCUT2D eigenvalue weighted by Crippen LogP contribution is -2.43. The largest absolute Gasteiger partial charge is 0.508 e. The first kappa shape index (κ1) is 34.1. The molecule has 1 atom stereocenters. The van der Waals surface area contributed by atoms with Crippen molar-refractivity contribution in [2.75, 3.05) is 24.2 Å². The summed E-state index contributed by atoms with van der Waals surface area (Å²) in [5.41, 5.74) is 15.2. The number of carbonyl (C=O) groups excluding carboxylic acids is 3. The van der Waals surface area contributed by atoms with Crippen LogP contribution in [-0.4, -0.2) is 57.0 Å². The Hall–Kier alpha value is -6.03. The topological polar surface area (TPSA) is 121 Å². The predicted octanol–water partition coefficient (Wildman–Crippen LogP) is 7.20. The number of nitrogens with zero attached hydrogens (tertiary/aromatic N) is 4. The number of hydrogen-bond acceptors (Lipinski definition) is 6. The van der Waals surface area contributed by atoms with E-state index in [2.05, 4.69) is 29.7 Å². The average molecular weight is 710 g/mol. The number of anilines is 2. The highest BCUT2D eigenvalue weighted by Crippen LogP contribution is 2.38. The van der Waals surface area contributed by atoms with Gasteiger partial charge < -0.3 is 34.8 Å². The minimum atomic E-state index is -0.458. The van der Waals surface area contributed by atoms with E-state index in [-0.39, 0.29) is 23.6 Å². The van der Waals surface area contributed by atoms with Gasteiger partial charge in [0.25, 0.3) is 11.8 Å². The Morgan fingerprint density at radius 2 is 1.57 bits per heavy atom. The van der Waals surface area contributed by atoms with Crippen LogP contribution in [0.1, 0.15) is 68.4 Å². The van der Waals surface area contributed by atoms with Crippen LogP contribution < -0.4 is 15.4 Å². The number of nitrogens with two attached hydrogens (primary N) is 1. The number of phenols is 1. The molecule has 4 aromatic carbocycles. The Bertz CT molecular complexity index is 2230. The third kappa shape index (κ3) is 6.50. The summed E-state index contributed by atoms with van der Waals surface area (Å²) in [6.07, 6.45) is 3.58. The Kier molecular flexibility index (Phi) is 8.90. The van der Waals surface area contributed by atoms with Gasteiger partial charge in [-0.2, -0.15) is 0 Å². The van der Waals surface area contributed by atoms with E-state index in [0.717, 1.165) is 65.9 Å². The average Bonchev–Trinajstić information content (AvgIpc) is 3.56.